The molecule has 1 atom stereocenters. The molecular weight excluding hydrogens is 454 g/mol. The third-order valence-electron chi connectivity index (χ3n) is 6.01. The second-order valence-electron chi connectivity index (χ2n) is 8.33. The summed E-state index contributed by atoms with van der Waals surface area (Å²) in [5.74, 6) is -1.64. The summed E-state index contributed by atoms with van der Waals surface area (Å²) in [6.07, 6.45) is 2.07. The zero-order valence-electron chi connectivity index (χ0n) is 19.8. The lowest BCUT2D eigenvalue weighted by Crippen LogP contribution is -2.52. The molecule has 0 saturated carbocycles. The maximum atomic E-state index is 13.5. The van der Waals surface area contributed by atoms with Crippen LogP contribution in [0.2, 0.25) is 0 Å². The molecule has 2 aromatic rings. The van der Waals surface area contributed by atoms with Gasteiger partial charge in [-0.1, -0.05) is 56.7 Å². The number of carbonyl (C=O) groups excluding carboxylic acids is 3. The number of unbranched alkanes of at least 4 members (excludes halogenated alkanes) is 1. The Kier molecular flexibility index (Phi) is 8.09. The third-order valence-corrected chi connectivity index (χ3v) is 7.80. The largest absolute Gasteiger partial charge is 0.354 e. The van der Waals surface area contributed by atoms with Crippen molar-refractivity contribution in [2.24, 2.45) is 0 Å². The quantitative estimate of drug-likeness (QED) is 0.521. The van der Waals surface area contributed by atoms with Gasteiger partial charge >= 0.3 is 0 Å². The molecule has 8 nitrogen and oxygen atoms in total. The highest BCUT2D eigenvalue weighted by molar-refractivity contribution is 7.90. The van der Waals surface area contributed by atoms with Crippen LogP contribution in [0.1, 0.15) is 54.6 Å². The van der Waals surface area contributed by atoms with Gasteiger partial charge < -0.3 is 10.2 Å². The van der Waals surface area contributed by atoms with Crippen molar-refractivity contribution in [3.05, 3.63) is 65.2 Å². The average molecular weight is 486 g/mol. The summed E-state index contributed by atoms with van der Waals surface area (Å²) in [4.78, 5) is 40.6. The van der Waals surface area contributed by atoms with E-state index < -0.39 is 34.4 Å². The highest BCUT2D eigenvalue weighted by Crippen LogP contribution is 2.30. The van der Waals surface area contributed by atoms with Crippen molar-refractivity contribution < 1.29 is 22.8 Å². The standard InChI is InChI=1S/C25H31N3O5S/c1-4-6-15-26-24(30)21(5-2)27(16-19-12-8-7-11-18(19)3)23(29)17-28-25(31)20-13-9-10-14-22(20)34(28,32)33/h7-14,21H,4-6,15-17H2,1-3H3,(H,26,30)/t21-/m0/s1. The zero-order chi connectivity index (χ0) is 24.9. The minimum absolute atomic E-state index is 0.0464. The van der Waals surface area contributed by atoms with E-state index in [9.17, 15) is 22.8 Å². The number of nitrogens with one attached hydrogen (secondary N) is 1. The van der Waals surface area contributed by atoms with E-state index in [0.29, 0.717) is 17.3 Å². The molecule has 0 aromatic heterocycles. The van der Waals surface area contributed by atoms with Crippen LogP contribution >= 0.6 is 0 Å². The van der Waals surface area contributed by atoms with E-state index >= 15 is 0 Å². The van der Waals surface area contributed by atoms with E-state index in [4.69, 9.17) is 0 Å². The van der Waals surface area contributed by atoms with Crippen LogP contribution in [0.4, 0.5) is 0 Å². The Morgan fingerprint density at radius 1 is 1.06 bits per heavy atom. The predicted molar refractivity (Wildman–Crippen MR) is 128 cm³/mol. The van der Waals surface area contributed by atoms with Crippen LogP contribution in [0, 0.1) is 6.92 Å². The monoisotopic (exact) mass is 485 g/mol. The minimum Gasteiger partial charge on any atom is -0.354 e. The number of sulfonamides is 1. The Labute approximate surface area is 201 Å². The molecule has 0 aliphatic carbocycles. The van der Waals surface area contributed by atoms with Crippen LogP contribution in [-0.4, -0.2) is 54.5 Å². The molecule has 9 heteroatoms. The zero-order valence-corrected chi connectivity index (χ0v) is 20.6. The first-order chi connectivity index (χ1) is 16.2. The van der Waals surface area contributed by atoms with Gasteiger partial charge in [0.05, 0.1) is 5.56 Å². The number of hydrogen-bond acceptors (Lipinski definition) is 5. The van der Waals surface area contributed by atoms with Crippen molar-refractivity contribution in [3.8, 4) is 0 Å². The van der Waals surface area contributed by atoms with Crippen LogP contribution in [0.25, 0.3) is 0 Å². The van der Waals surface area contributed by atoms with Crippen LogP contribution in [0.5, 0.6) is 0 Å². The van der Waals surface area contributed by atoms with Crippen molar-refractivity contribution in [3.63, 3.8) is 0 Å². The van der Waals surface area contributed by atoms with Crippen LogP contribution < -0.4 is 5.32 Å². The summed E-state index contributed by atoms with van der Waals surface area (Å²) in [5, 5.41) is 2.87. The van der Waals surface area contributed by atoms with Gasteiger partial charge in [0.15, 0.2) is 0 Å². The van der Waals surface area contributed by atoms with E-state index in [1.165, 1.54) is 23.1 Å². The van der Waals surface area contributed by atoms with Gasteiger partial charge in [-0.2, -0.15) is 0 Å². The van der Waals surface area contributed by atoms with E-state index in [-0.39, 0.29) is 22.9 Å². The highest BCUT2D eigenvalue weighted by Gasteiger charge is 2.43. The molecule has 3 rings (SSSR count). The Hall–Kier alpha value is -3.20. The molecule has 1 aliphatic rings. The summed E-state index contributed by atoms with van der Waals surface area (Å²) >= 11 is 0. The molecule has 0 fully saturated rings. The second kappa shape index (κ2) is 10.8. The number of rotatable bonds is 10. The fourth-order valence-electron chi connectivity index (χ4n) is 4.00. The molecule has 0 spiro atoms. The summed E-state index contributed by atoms with van der Waals surface area (Å²) in [7, 11) is -4.14. The Morgan fingerprint density at radius 2 is 1.74 bits per heavy atom. The van der Waals surface area contributed by atoms with Crippen molar-refractivity contribution >= 4 is 27.7 Å². The molecule has 1 N–H and O–H groups in total. The molecule has 1 aliphatic heterocycles. The lowest BCUT2D eigenvalue weighted by molar-refractivity contribution is -0.141. The number of aryl methyl sites for hydroxylation is 1. The first-order valence-electron chi connectivity index (χ1n) is 11.5. The Balaban J connectivity index is 1.91. The number of nitrogens with zero attached hydrogens (tertiary/aromatic N) is 2. The number of carbonyl (C=O) groups is 3. The lowest BCUT2D eigenvalue weighted by Gasteiger charge is -2.32. The van der Waals surface area contributed by atoms with Crippen molar-refractivity contribution in [2.75, 3.05) is 13.1 Å². The molecule has 0 radical (unpaired) electrons. The van der Waals surface area contributed by atoms with Gasteiger partial charge in [0.1, 0.15) is 17.5 Å². The van der Waals surface area contributed by atoms with E-state index in [0.717, 1.165) is 24.0 Å². The van der Waals surface area contributed by atoms with Crippen molar-refractivity contribution in [1.29, 1.82) is 0 Å². The van der Waals surface area contributed by atoms with Gasteiger partial charge in [-0.15, -0.1) is 0 Å². The van der Waals surface area contributed by atoms with E-state index in [2.05, 4.69) is 5.32 Å². The summed E-state index contributed by atoms with van der Waals surface area (Å²) in [6.45, 7) is 5.68. The van der Waals surface area contributed by atoms with Crippen molar-refractivity contribution in [2.45, 2.75) is 57.5 Å². The van der Waals surface area contributed by atoms with Crippen LogP contribution in [0.3, 0.4) is 0 Å². The number of fused-ring (bicyclic) bond motifs is 1. The first kappa shape index (κ1) is 25.4. The predicted octanol–water partition coefficient (Wildman–Crippen LogP) is 2.86. The third kappa shape index (κ3) is 5.14. The Bertz CT molecular complexity index is 1180. The lowest BCUT2D eigenvalue weighted by atomic mass is 10.1. The molecular formula is C25H31N3O5S. The SMILES string of the molecule is CCCCNC(=O)[C@H](CC)N(Cc1ccccc1C)C(=O)CN1C(=O)c2ccccc2S1(=O)=O. The molecule has 0 saturated heterocycles. The number of amides is 3. The number of benzene rings is 2. The summed E-state index contributed by atoms with van der Waals surface area (Å²) < 4.78 is 26.5. The van der Waals surface area contributed by atoms with Gasteiger partial charge in [-0.25, -0.2) is 12.7 Å². The minimum atomic E-state index is -4.14. The van der Waals surface area contributed by atoms with Gasteiger partial charge in [0.2, 0.25) is 11.8 Å². The summed E-state index contributed by atoms with van der Waals surface area (Å²) in [5.41, 5.74) is 1.83. The molecule has 3 amide bonds. The maximum Gasteiger partial charge on any atom is 0.269 e. The molecule has 0 unspecified atom stereocenters. The van der Waals surface area contributed by atoms with Gasteiger partial charge in [-0.3, -0.25) is 14.4 Å². The fraction of sp³-hybridized carbons (Fsp3) is 0.400. The van der Waals surface area contributed by atoms with E-state index in [1.807, 2.05) is 38.1 Å². The van der Waals surface area contributed by atoms with Crippen LogP contribution in [0.15, 0.2) is 53.4 Å². The second-order valence-corrected chi connectivity index (χ2v) is 10.2. The molecule has 0 bridgehead atoms. The summed E-state index contributed by atoms with van der Waals surface area (Å²) in [6, 6.07) is 12.6. The van der Waals surface area contributed by atoms with Gasteiger partial charge in [0.25, 0.3) is 15.9 Å². The Morgan fingerprint density at radius 3 is 2.38 bits per heavy atom. The average Bonchev–Trinajstić information content (AvgIpc) is 3.01. The highest BCUT2D eigenvalue weighted by atomic mass is 32.2. The van der Waals surface area contributed by atoms with Gasteiger partial charge in [-0.05, 0) is 43.0 Å². The fourth-order valence-corrected chi connectivity index (χ4v) is 5.52. The molecule has 2 aromatic carbocycles. The topological polar surface area (TPSA) is 104 Å². The number of hydrogen-bond donors (Lipinski definition) is 1. The van der Waals surface area contributed by atoms with Crippen molar-refractivity contribution in [1.82, 2.24) is 14.5 Å². The normalized spacial score (nSPS) is 15.0. The first-order valence-corrected chi connectivity index (χ1v) is 12.9. The van der Waals surface area contributed by atoms with Crippen LogP contribution in [-0.2, 0) is 26.2 Å². The smallest absolute Gasteiger partial charge is 0.269 e. The van der Waals surface area contributed by atoms with Gasteiger partial charge in [0, 0.05) is 13.1 Å². The molecule has 1 heterocycles. The maximum absolute atomic E-state index is 13.5. The van der Waals surface area contributed by atoms with E-state index in [1.54, 1.807) is 13.0 Å². The molecule has 182 valence electrons. The molecule has 34 heavy (non-hydrogen) atoms.